The number of nitrogens with one attached hydrogen (secondary N) is 3. The molecule has 20 heavy (non-hydrogen) atoms. The first-order valence-electron chi connectivity index (χ1n) is 7.67. The second-order valence-electron chi connectivity index (χ2n) is 6.41. The van der Waals surface area contributed by atoms with Gasteiger partial charge in [0.2, 0.25) is 5.91 Å². The highest BCUT2D eigenvalue weighted by Gasteiger charge is 2.24. The van der Waals surface area contributed by atoms with E-state index in [-0.39, 0.29) is 18.5 Å². The summed E-state index contributed by atoms with van der Waals surface area (Å²) in [4.78, 5) is 15.8. The molecule has 0 aromatic heterocycles. The Morgan fingerprint density at radius 3 is 2.30 bits per heavy atom. The summed E-state index contributed by atoms with van der Waals surface area (Å²) in [5.74, 6) is 2.21. The Balaban J connectivity index is 2.38. The Kier molecular flexibility index (Phi) is 6.82. The fraction of sp³-hybridized carbons (Fsp3) is 0.867. The second-order valence-corrected chi connectivity index (χ2v) is 6.41. The minimum atomic E-state index is -0.00618. The molecule has 2 unspecified atom stereocenters. The third kappa shape index (κ3) is 6.26. The third-order valence-electron chi connectivity index (χ3n) is 3.61. The summed E-state index contributed by atoms with van der Waals surface area (Å²) in [6, 6.07) is 0.618. The summed E-state index contributed by atoms with van der Waals surface area (Å²) in [5, 5.41) is 9.37. The molecule has 0 heterocycles. The fourth-order valence-electron chi connectivity index (χ4n) is 2.99. The molecular weight excluding hydrogens is 252 g/mol. The number of guanidine groups is 1. The molecule has 0 aromatic rings. The van der Waals surface area contributed by atoms with Gasteiger partial charge in [-0.3, -0.25) is 9.79 Å². The predicted octanol–water partition coefficient (Wildman–Crippen LogP) is 1.50. The molecule has 0 radical (unpaired) electrons. The van der Waals surface area contributed by atoms with Crippen molar-refractivity contribution in [1.82, 2.24) is 16.0 Å². The lowest BCUT2D eigenvalue weighted by Crippen LogP contribution is -2.49. The molecule has 1 amide bonds. The van der Waals surface area contributed by atoms with E-state index < -0.39 is 0 Å². The van der Waals surface area contributed by atoms with Gasteiger partial charge in [0.15, 0.2) is 5.96 Å². The zero-order valence-electron chi connectivity index (χ0n) is 13.5. The van der Waals surface area contributed by atoms with Crippen LogP contribution in [-0.4, -0.2) is 37.5 Å². The van der Waals surface area contributed by atoms with Crippen LogP contribution in [-0.2, 0) is 4.79 Å². The summed E-state index contributed by atoms with van der Waals surface area (Å²) >= 11 is 0. The number of hydrogen-bond acceptors (Lipinski definition) is 2. The van der Waals surface area contributed by atoms with Gasteiger partial charge in [0.1, 0.15) is 0 Å². The van der Waals surface area contributed by atoms with E-state index in [9.17, 15) is 4.79 Å². The van der Waals surface area contributed by atoms with Gasteiger partial charge in [0.25, 0.3) is 0 Å². The van der Waals surface area contributed by atoms with Crippen molar-refractivity contribution < 1.29 is 4.79 Å². The molecule has 0 saturated heterocycles. The molecule has 116 valence electrons. The molecule has 0 bridgehead atoms. The summed E-state index contributed by atoms with van der Waals surface area (Å²) in [6.07, 6.45) is 3.65. The van der Waals surface area contributed by atoms with Crippen molar-refractivity contribution in [3.63, 3.8) is 0 Å². The molecule has 0 spiro atoms. The van der Waals surface area contributed by atoms with Crippen molar-refractivity contribution >= 4 is 11.9 Å². The highest BCUT2D eigenvalue weighted by atomic mass is 16.1. The number of carbonyl (C=O) groups is 1. The zero-order chi connectivity index (χ0) is 15.1. The van der Waals surface area contributed by atoms with E-state index in [2.05, 4.69) is 34.8 Å². The van der Waals surface area contributed by atoms with Crippen LogP contribution in [0, 0.1) is 11.8 Å². The maximum absolute atomic E-state index is 11.6. The van der Waals surface area contributed by atoms with Gasteiger partial charge >= 0.3 is 0 Å². The van der Waals surface area contributed by atoms with Gasteiger partial charge in [-0.15, -0.1) is 0 Å². The summed E-state index contributed by atoms with van der Waals surface area (Å²) in [7, 11) is 1.74. The summed E-state index contributed by atoms with van der Waals surface area (Å²) in [6.45, 7) is 8.77. The zero-order valence-corrected chi connectivity index (χ0v) is 13.5. The van der Waals surface area contributed by atoms with Crippen LogP contribution in [0.15, 0.2) is 4.99 Å². The number of amides is 1. The Hall–Kier alpha value is -1.26. The van der Waals surface area contributed by atoms with E-state index in [1.54, 1.807) is 7.05 Å². The predicted molar refractivity (Wildman–Crippen MR) is 83.7 cm³/mol. The highest BCUT2D eigenvalue weighted by Crippen LogP contribution is 2.28. The first-order chi connectivity index (χ1) is 9.40. The Bertz CT molecular complexity index is 331. The van der Waals surface area contributed by atoms with E-state index in [1.807, 2.05) is 13.8 Å². The monoisotopic (exact) mass is 282 g/mol. The summed E-state index contributed by atoms with van der Waals surface area (Å²) in [5.41, 5.74) is 0. The van der Waals surface area contributed by atoms with Gasteiger partial charge in [-0.2, -0.15) is 0 Å². The van der Waals surface area contributed by atoms with Gasteiger partial charge in [-0.05, 0) is 44.9 Å². The van der Waals surface area contributed by atoms with Crippen LogP contribution in [0.4, 0.5) is 0 Å². The quantitative estimate of drug-likeness (QED) is 0.541. The molecule has 1 saturated carbocycles. The molecule has 1 aliphatic carbocycles. The number of hydrogen-bond donors (Lipinski definition) is 3. The van der Waals surface area contributed by atoms with Crippen LogP contribution in [0.5, 0.6) is 0 Å². The van der Waals surface area contributed by atoms with Crippen molar-refractivity contribution in [3.05, 3.63) is 0 Å². The maximum atomic E-state index is 11.6. The molecule has 1 rings (SSSR count). The van der Waals surface area contributed by atoms with Crippen LogP contribution in [0.1, 0.15) is 47.0 Å². The van der Waals surface area contributed by atoms with Crippen molar-refractivity contribution in [2.45, 2.75) is 59.0 Å². The van der Waals surface area contributed by atoms with Gasteiger partial charge in [-0.1, -0.05) is 13.8 Å². The molecule has 1 aliphatic rings. The molecule has 0 aromatic carbocycles. The highest BCUT2D eigenvalue weighted by molar-refractivity contribution is 5.86. The number of carbonyl (C=O) groups excluding carboxylic acids is 1. The molecule has 0 aliphatic heterocycles. The molecule has 5 nitrogen and oxygen atoms in total. The van der Waals surface area contributed by atoms with Gasteiger partial charge in [0, 0.05) is 19.1 Å². The van der Waals surface area contributed by atoms with Crippen LogP contribution in [0.3, 0.4) is 0 Å². The largest absolute Gasteiger partial charge is 0.354 e. The average molecular weight is 282 g/mol. The molecular formula is C15H30N4O. The molecule has 5 heteroatoms. The summed E-state index contributed by atoms with van der Waals surface area (Å²) < 4.78 is 0. The van der Waals surface area contributed by atoms with Gasteiger partial charge < -0.3 is 16.0 Å². The number of nitrogens with zero attached hydrogens (tertiary/aromatic N) is 1. The van der Waals surface area contributed by atoms with Crippen LogP contribution in [0.25, 0.3) is 0 Å². The average Bonchev–Trinajstić information content (AvgIpc) is 2.32. The first kappa shape index (κ1) is 16.8. The standard InChI is InChI=1S/C15H30N4O/c1-10(2)18-14(20)9-17-15(16-5)19-13-7-11(3)6-12(4)8-13/h10-13H,6-9H2,1-5H3,(H,18,20)(H2,16,17,19). The van der Waals surface area contributed by atoms with Crippen molar-refractivity contribution in [2.75, 3.05) is 13.6 Å². The third-order valence-corrected chi connectivity index (χ3v) is 3.61. The lowest BCUT2D eigenvalue weighted by molar-refractivity contribution is -0.120. The van der Waals surface area contributed by atoms with Crippen LogP contribution < -0.4 is 16.0 Å². The second kappa shape index (κ2) is 8.12. The van der Waals surface area contributed by atoms with E-state index in [0.717, 1.165) is 17.8 Å². The lowest BCUT2D eigenvalue weighted by atomic mass is 9.80. The fourth-order valence-corrected chi connectivity index (χ4v) is 2.99. The van der Waals surface area contributed by atoms with E-state index >= 15 is 0 Å². The van der Waals surface area contributed by atoms with Crippen molar-refractivity contribution in [1.29, 1.82) is 0 Å². The van der Waals surface area contributed by atoms with Gasteiger partial charge in [0.05, 0.1) is 6.54 Å². The van der Waals surface area contributed by atoms with Crippen molar-refractivity contribution in [2.24, 2.45) is 16.8 Å². The topological polar surface area (TPSA) is 65.5 Å². The van der Waals surface area contributed by atoms with Crippen molar-refractivity contribution in [3.8, 4) is 0 Å². The number of aliphatic imine (C=N–C) groups is 1. The number of rotatable bonds is 4. The smallest absolute Gasteiger partial charge is 0.239 e. The minimum Gasteiger partial charge on any atom is -0.354 e. The van der Waals surface area contributed by atoms with E-state index in [0.29, 0.717) is 6.04 Å². The normalized spacial score (nSPS) is 27.3. The van der Waals surface area contributed by atoms with Crippen LogP contribution in [0.2, 0.25) is 0 Å². The Morgan fingerprint density at radius 1 is 1.20 bits per heavy atom. The maximum Gasteiger partial charge on any atom is 0.239 e. The van der Waals surface area contributed by atoms with E-state index in [1.165, 1.54) is 19.3 Å². The first-order valence-corrected chi connectivity index (χ1v) is 7.67. The Labute approximate surface area is 123 Å². The SMILES string of the molecule is CN=C(NCC(=O)NC(C)C)NC1CC(C)CC(C)C1. The minimum absolute atomic E-state index is 0.00618. The molecule has 2 atom stereocenters. The van der Waals surface area contributed by atoms with E-state index in [4.69, 9.17) is 0 Å². The van der Waals surface area contributed by atoms with Gasteiger partial charge in [-0.25, -0.2) is 0 Å². The molecule has 3 N–H and O–H groups in total. The Morgan fingerprint density at radius 2 is 1.80 bits per heavy atom. The van der Waals surface area contributed by atoms with Crippen LogP contribution >= 0.6 is 0 Å². The molecule has 1 fully saturated rings. The lowest BCUT2D eigenvalue weighted by Gasteiger charge is -2.32.